The zero-order chi connectivity index (χ0) is 20.9. The third-order valence-electron chi connectivity index (χ3n) is 3.61. The van der Waals surface area contributed by atoms with Crippen molar-refractivity contribution in [3.8, 4) is 5.88 Å². The van der Waals surface area contributed by atoms with Crippen LogP contribution in [0.25, 0.3) is 0 Å². The van der Waals surface area contributed by atoms with E-state index in [9.17, 15) is 14.0 Å². The number of nitrogens with one attached hydrogen (secondary N) is 3. The van der Waals surface area contributed by atoms with Crippen LogP contribution in [-0.2, 0) is 9.59 Å². The van der Waals surface area contributed by atoms with Crippen LogP contribution in [-0.4, -0.2) is 46.3 Å². The van der Waals surface area contributed by atoms with E-state index in [4.69, 9.17) is 26.9 Å². The molecule has 12 heteroatoms. The van der Waals surface area contributed by atoms with Crippen LogP contribution in [0.15, 0.2) is 22.8 Å². The molecule has 0 aliphatic rings. The number of ether oxygens (including phenoxy) is 1. The number of carboxylic acids is 1. The van der Waals surface area contributed by atoms with Crippen LogP contribution in [0.4, 0.5) is 10.1 Å². The van der Waals surface area contributed by atoms with E-state index in [0.717, 1.165) is 6.07 Å². The molecule has 0 atom stereocenters. The maximum atomic E-state index is 13.2. The first-order valence-electron chi connectivity index (χ1n) is 7.91. The number of anilines is 1. The first-order chi connectivity index (χ1) is 13.1. The number of hydrogen-bond acceptors (Lipinski definition) is 7. The lowest BCUT2D eigenvalue weighted by Gasteiger charge is -2.18. The highest BCUT2D eigenvalue weighted by atomic mass is 35.5. The van der Waals surface area contributed by atoms with Crippen LogP contribution in [0.3, 0.4) is 0 Å². The molecule has 0 aliphatic carbocycles. The number of amides is 1. The van der Waals surface area contributed by atoms with Gasteiger partial charge in [-0.15, -0.1) is 0 Å². The van der Waals surface area contributed by atoms with Gasteiger partial charge in [-0.25, -0.2) is 9.02 Å². The standard InChI is InChI=1S/C16H17ClFN5O5/c1-16(2,15(25)26)14(24)20-5-6-27-13-11(22-28-23-13)12(19)21-8-3-4-10(18)9(17)7-8/h3-4,7H,5-6H2,1-2H3,(H2,19,21)(H,20,24)(H,25,26). The van der Waals surface area contributed by atoms with E-state index < -0.39 is 23.1 Å². The summed E-state index contributed by atoms with van der Waals surface area (Å²) in [7, 11) is 0. The smallest absolute Gasteiger partial charge is 0.318 e. The molecule has 1 amide bonds. The maximum absolute atomic E-state index is 13.2. The van der Waals surface area contributed by atoms with Crippen molar-refractivity contribution in [2.45, 2.75) is 13.8 Å². The second kappa shape index (κ2) is 8.65. The molecular formula is C16H17ClFN5O5. The molecule has 0 saturated carbocycles. The van der Waals surface area contributed by atoms with Crippen molar-refractivity contribution in [3.05, 3.63) is 34.7 Å². The molecule has 1 aromatic heterocycles. The highest BCUT2D eigenvalue weighted by Gasteiger charge is 2.35. The number of rotatable bonds is 8. The molecule has 0 aliphatic heterocycles. The summed E-state index contributed by atoms with van der Waals surface area (Å²) in [6.45, 7) is 2.48. The number of carboxylic acid groups (broad SMARTS) is 1. The number of carbonyl (C=O) groups is 2. The molecule has 0 unspecified atom stereocenters. The molecule has 0 saturated heterocycles. The number of benzene rings is 1. The molecule has 0 fully saturated rings. The summed E-state index contributed by atoms with van der Waals surface area (Å²) < 4.78 is 23.0. The molecule has 10 nitrogen and oxygen atoms in total. The summed E-state index contributed by atoms with van der Waals surface area (Å²) >= 11 is 5.69. The van der Waals surface area contributed by atoms with Gasteiger partial charge in [0.15, 0.2) is 5.84 Å². The predicted octanol–water partition coefficient (Wildman–Crippen LogP) is 1.91. The largest absolute Gasteiger partial charge is 0.480 e. The molecule has 1 heterocycles. The third kappa shape index (κ3) is 4.94. The quantitative estimate of drug-likeness (QED) is 0.222. The van der Waals surface area contributed by atoms with Gasteiger partial charge in [0.25, 0.3) is 5.88 Å². The van der Waals surface area contributed by atoms with Gasteiger partial charge in [-0.05, 0) is 42.4 Å². The molecule has 28 heavy (non-hydrogen) atoms. The Bertz CT molecular complexity index is 901. The Morgan fingerprint density at radius 1 is 1.39 bits per heavy atom. The molecule has 0 spiro atoms. The number of nitrogens with zero attached hydrogens (tertiary/aromatic N) is 2. The van der Waals surface area contributed by atoms with Crippen LogP contribution in [0.5, 0.6) is 5.88 Å². The predicted molar refractivity (Wildman–Crippen MR) is 96.1 cm³/mol. The number of halogens is 2. The van der Waals surface area contributed by atoms with E-state index in [1.54, 1.807) is 0 Å². The van der Waals surface area contributed by atoms with Gasteiger partial charge in [-0.1, -0.05) is 11.6 Å². The van der Waals surface area contributed by atoms with Crippen LogP contribution in [0.2, 0.25) is 5.02 Å². The zero-order valence-corrected chi connectivity index (χ0v) is 15.6. The van der Waals surface area contributed by atoms with Gasteiger partial charge >= 0.3 is 5.97 Å². The SMILES string of the molecule is CC(C)(C(=O)O)C(=O)NCCOc1nonc1C(=N)Nc1ccc(F)c(Cl)c1. The minimum Gasteiger partial charge on any atom is -0.480 e. The summed E-state index contributed by atoms with van der Waals surface area (Å²) in [6.07, 6.45) is 0. The van der Waals surface area contributed by atoms with Crippen LogP contribution < -0.4 is 15.4 Å². The topological polar surface area (TPSA) is 150 Å². The lowest BCUT2D eigenvalue weighted by atomic mass is 9.93. The van der Waals surface area contributed by atoms with Crippen molar-refractivity contribution >= 4 is 35.0 Å². The fourth-order valence-electron chi connectivity index (χ4n) is 1.84. The van der Waals surface area contributed by atoms with Crippen molar-refractivity contribution in [2.24, 2.45) is 5.41 Å². The third-order valence-corrected chi connectivity index (χ3v) is 3.90. The lowest BCUT2D eigenvalue weighted by molar-refractivity contribution is -0.153. The lowest BCUT2D eigenvalue weighted by Crippen LogP contribution is -2.43. The average molecular weight is 414 g/mol. The first-order valence-corrected chi connectivity index (χ1v) is 8.28. The Labute approximate surface area is 163 Å². The molecule has 1 aromatic carbocycles. The summed E-state index contributed by atoms with van der Waals surface area (Å²) in [5.74, 6) is -2.88. The minimum absolute atomic E-state index is 0.00379. The highest BCUT2D eigenvalue weighted by Crippen LogP contribution is 2.21. The molecule has 0 bridgehead atoms. The molecular weight excluding hydrogens is 397 g/mol. The number of carbonyl (C=O) groups excluding carboxylic acids is 1. The Hall–Kier alpha value is -3.21. The number of aliphatic carboxylic acids is 1. The molecule has 4 N–H and O–H groups in total. The van der Waals surface area contributed by atoms with E-state index >= 15 is 0 Å². The Morgan fingerprint density at radius 2 is 2.11 bits per heavy atom. The summed E-state index contributed by atoms with van der Waals surface area (Å²) in [5.41, 5.74) is -1.30. The fraction of sp³-hybridized carbons (Fsp3) is 0.312. The van der Waals surface area contributed by atoms with Gasteiger partial charge in [0.1, 0.15) is 17.8 Å². The van der Waals surface area contributed by atoms with E-state index in [1.165, 1.54) is 26.0 Å². The monoisotopic (exact) mass is 413 g/mol. The Balaban J connectivity index is 1.91. The van der Waals surface area contributed by atoms with Crippen molar-refractivity contribution in [1.29, 1.82) is 5.41 Å². The summed E-state index contributed by atoms with van der Waals surface area (Å²) in [4.78, 5) is 22.8. The average Bonchev–Trinajstić information content (AvgIpc) is 3.10. The van der Waals surface area contributed by atoms with Gasteiger partial charge in [0.2, 0.25) is 11.6 Å². The van der Waals surface area contributed by atoms with Crippen LogP contribution in [0.1, 0.15) is 19.5 Å². The van der Waals surface area contributed by atoms with Crippen LogP contribution >= 0.6 is 11.6 Å². The van der Waals surface area contributed by atoms with Crippen molar-refractivity contribution in [2.75, 3.05) is 18.5 Å². The van der Waals surface area contributed by atoms with Gasteiger partial charge in [0, 0.05) is 5.69 Å². The molecule has 150 valence electrons. The van der Waals surface area contributed by atoms with E-state index in [-0.39, 0.29) is 35.6 Å². The number of amidine groups is 1. The molecule has 2 aromatic rings. The molecule has 0 radical (unpaired) electrons. The van der Waals surface area contributed by atoms with E-state index in [1.807, 2.05) is 0 Å². The van der Waals surface area contributed by atoms with E-state index in [2.05, 4.69) is 25.6 Å². The number of hydrogen-bond donors (Lipinski definition) is 4. The highest BCUT2D eigenvalue weighted by molar-refractivity contribution is 6.31. The second-order valence-electron chi connectivity index (χ2n) is 6.08. The Kier molecular flexibility index (Phi) is 6.52. The normalized spacial score (nSPS) is 11.0. The van der Waals surface area contributed by atoms with Gasteiger partial charge in [-0.3, -0.25) is 15.0 Å². The van der Waals surface area contributed by atoms with Crippen molar-refractivity contribution in [1.82, 2.24) is 15.6 Å². The fourth-order valence-corrected chi connectivity index (χ4v) is 2.02. The van der Waals surface area contributed by atoms with E-state index in [0.29, 0.717) is 5.69 Å². The minimum atomic E-state index is -1.58. The second-order valence-corrected chi connectivity index (χ2v) is 6.49. The van der Waals surface area contributed by atoms with Gasteiger partial charge < -0.3 is 20.5 Å². The van der Waals surface area contributed by atoms with Gasteiger partial charge in [-0.2, -0.15) is 0 Å². The van der Waals surface area contributed by atoms with Gasteiger partial charge in [0.05, 0.1) is 11.6 Å². The first kappa shape index (κ1) is 21.1. The summed E-state index contributed by atoms with van der Waals surface area (Å²) in [5, 5.41) is 29.0. The zero-order valence-electron chi connectivity index (χ0n) is 14.9. The van der Waals surface area contributed by atoms with Crippen molar-refractivity contribution < 1.29 is 28.5 Å². The Morgan fingerprint density at radius 3 is 2.75 bits per heavy atom. The molecule has 2 rings (SSSR count). The van der Waals surface area contributed by atoms with Crippen LogP contribution in [0, 0.1) is 16.6 Å². The summed E-state index contributed by atoms with van der Waals surface area (Å²) in [6, 6.07) is 3.81. The van der Waals surface area contributed by atoms with Crippen molar-refractivity contribution in [3.63, 3.8) is 0 Å². The maximum Gasteiger partial charge on any atom is 0.318 e. The number of aromatic nitrogens is 2.